The Bertz CT molecular complexity index is 1090. The standard InChI is InChI=1S/C22H27ClN2O8S/c1-11(26)29-9-12-10-30-16-14(31-12)8-13(23)15-17(16)34-18(24-15)25(19(27)32-21(2,3)4)20(28)33-22(5,6)7/h8,12H,9-10H2,1-7H3/t12-/m0/s1. The van der Waals surface area contributed by atoms with Gasteiger partial charge in [0.25, 0.3) is 0 Å². The van der Waals surface area contributed by atoms with E-state index in [1.54, 1.807) is 41.5 Å². The zero-order chi connectivity index (χ0) is 25.4. The third kappa shape index (κ3) is 6.20. The van der Waals surface area contributed by atoms with Crippen molar-refractivity contribution in [2.75, 3.05) is 18.1 Å². The van der Waals surface area contributed by atoms with E-state index in [1.807, 2.05) is 0 Å². The second-order valence-electron chi connectivity index (χ2n) is 9.51. The highest BCUT2D eigenvalue weighted by Crippen LogP contribution is 2.47. The molecular weight excluding hydrogens is 488 g/mol. The number of imide groups is 1. The normalized spacial score (nSPS) is 15.6. The van der Waals surface area contributed by atoms with Crippen LogP contribution in [0, 0.1) is 0 Å². The van der Waals surface area contributed by atoms with Crippen LogP contribution < -0.4 is 14.4 Å². The van der Waals surface area contributed by atoms with Gasteiger partial charge in [0.1, 0.15) is 34.6 Å². The number of amides is 2. The van der Waals surface area contributed by atoms with Gasteiger partial charge in [-0.25, -0.2) is 14.6 Å². The molecule has 12 heteroatoms. The van der Waals surface area contributed by atoms with Crippen LogP contribution in [0.1, 0.15) is 48.5 Å². The molecule has 2 aromatic rings. The first-order valence-corrected chi connectivity index (χ1v) is 11.7. The molecule has 1 aliphatic heterocycles. The molecule has 186 valence electrons. The number of ether oxygens (including phenoxy) is 5. The molecule has 0 radical (unpaired) electrons. The maximum absolute atomic E-state index is 12.9. The lowest BCUT2D eigenvalue weighted by molar-refractivity contribution is -0.144. The molecule has 0 saturated carbocycles. The molecular formula is C22H27ClN2O8S. The van der Waals surface area contributed by atoms with Crippen molar-refractivity contribution in [1.82, 2.24) is 4.98 Å². The van der Waals surface area contributed by atoms with Gasteiger partial charge < -0.3 is 23.7 Å². The highest BCUT2D eigenvalue weighted by molar-refractivity contribution is 7.23. The maximum Gasteiger partial charge on any atom is 0.426 e. The SMILES string of the molecule is CC(=O)OC[C@H]1COc2c(cc(Cl)c3nc(N(C(=O)OC(C)(C)C)C(=O)OC(C)(C)C)sc23)O1. The summed E-state index contributed by atoms with van der Waals surface area (Å²) in [5.74, 6) is 0.257. The minimum Gasteiger partial charge on any atom is -0.484 e. The average molecular weight is 515 g/mol. The van der Waals surface area contributed by atoms with Crippen LogP contribution in [0.15, 0.2) is 6.07 Å². The van der Waals surface area contributed by atoms with Gasteiger partial charge in [-0.05, 0) is 41.5 Å². The Hall–Kier alpha value is -2.79. The summed E-state index contributed by atoms with van der Waals surface area (Å²) in [6.45, 7) is 11.5. The Morgan fingerprint density at radius 2 is 1.74 bits per heavy atom. The van der Waals surface area contributed by atoms with Crippen LogP contribution in [-0.4, -0.2) is 53.7 Å². The molecule has 2 amide bonds. The van der Waals surface area contributed by atoms with E-state index in [4.69, 9.17) is 35.3 Å². The van der Waals surface area contributed by atoms with Gasteiger partial charge in [0, 0.05) is 13.0 Å². The van der Waals surface area contributed by atoms with E-state index in [0.29, 0.717) is 21.7 Å². The quantitative estimate of drug-likeness (QED) is 0.396. The van der Waals surface area contributed by atoms with E-state index in [2.05, 4.69) is 4.98 Å². The smallest absolute Gasteiger partial charge is 0.426 e. The number of hydrogen-bond donors (Lipinski definition) is 0. The zero-order valence-corrected chi connectivity index (χ0v) is 21.6. The lowest BCUT2D eigenvalue weighted by Gasteiger charge is -2.27. The van der Waals surface area contributed by atoms with Crippen molar-refractivity contribution in [1.29, 1.82) is 0 Å². The molecule has 34 heavy (non-hydrogen) atoms. The summed E-state index contributed by atoms with van der Waals surface area (Å²) in [6.07, 6.45) is -2.40. The van der Waals surface area contributed by atoms with Crippen LogP contribution in [-0.2, 0) is 19.0 Å². The number of aromatic nitrogens is 1. The van der Waals surface area contributed by atoms with Crippen LogP contribution in [0.5, 0.6) is 11.5 Å². The second kappa shape index (κ2) is 9.46. The number of thiazole rings is 1. The Morgan fingerprint density at radius 1 is 1.15 bits per heavy atom. The van der Waals surface area contributed by atoms with Crippen molar-refractivity contribution in [2.45, 2.75) is 65.8 Å². The number of halogens is 1. The van der Waals surface area contributed by atoms with E-state index >= 15 is 0 Å². The third-order valence-electron chi connectivity index (χ3n) is 4.05. The van der Waals surface area contributed by atoms with E-state index < -0.39 is 35.5 Å². The molecule has 1 aromatic heterocycles. The summed E-state index contributed by atoms with van der Waals surface area (Å²) in [5.41, 5.74) is -1.41. The number of fused-ring (bicyclic) bond motifs is 3. The van der Waals surface area contributed by atoms with Crippen molar-refractivity contribution in [2.24, 2.45) is 0 Å². The average Bonchev–Trinajstić information content (AvgIpc) is 3.08. The molecule has 1 aliphatic rings. The topological polar surface area (TPSA) is 113 Å². The summed E-state index contributed by atoms with van der Waals surface area (Å²) in [5, 5.41) is 0.223. The number of benzene rings is 1. The van der Waals surface area contributed by atoms with Gasteiger partial charge in [0.2, 0.25) is 5.13 Å². The number of carbonyl (C=O) groups is 3. The molecule has 0 saturated heterocycles. The predicted molar refractivity (Wildman–Crippen MR) is 126 cm³/mol. The van der Waals surface area contributed by atoms with Crippen molar-refractivity contribution < 1.29 is 38.1 Å². The number of esters is 1. The number of anilines is 1. The lowest BCUT2D eigenvalue weighted by atomic mass is 10.2. The second-order valence-corrected chi connectivity index (χ2v) is 10.9. The molecule has 0 unspecified atom stereocenters. The summed E-state index contributed by atoms with van der Waals surface area (Å²) in [7, 11) is 0. The van der Waals surface area contributed by atoms with Crippen molar-refractivity contribution in [3.05, 3.63) is 11.1 Å². The maximum atomic E-state index is 12.9. The van der Waals surface area contributed by atoms with Crippen LogP contribution >= 0.6 is 22.9 Å². The molecule has 3 rings (SSSR count). The lowest BCUT2D eigenvalue weighted by Crippen LogP contribution is -2.43. The Labute approximate surface area is 206 Å². The van der Waals surface area contributed by atoms with Crippen LogP contribution in [0.25, 0.3) is 10.2 Å². The summed E-state index contributed by atoms with van der Waals surface area (Å²) < 4.78 is 28.0. The fraction of sp³-hybridized carbons (Fsp3) is 0.545. The van der Waals surface area contributed by atoms with Crippen LogP contribution in [0.4, 0.5) is 14.7 Å². The molecule has 0 N–H and O–H groups in total. The molecule has 2 heterocycles. The first-order valence-electron chi connectivity index (χ1n) is 10.5. The molecule has 0 fully saturated rings. The number of carbonyl (C=O) groups excluding carboxylic acids is 3. The highest BCUT2D eigenvalue weighted by Gasteiger charge is 2.36. The molecule has 1 aromatic carbocycles. The zero-order valence-electron chi connectivity index (χ0n) is 20.0. The first-order chi connectivity index (χ1) is 15.6. The van der Waals surface area contributed by atoms with Gasteiger partial charge >= 0.3 is 18.2 Å². The van der Waals surface area contributed by atoms with Gasteiger partial charge in [0.15, 0.2) is 17.6 Å². The van der Waals surface area contributed by atoms with Gasteiger partial charge in [-0.2, -0.15) is 4.90 Å². The minimum absolute atomic E-state index is 0.000522. The van der Waals surface area contributed by atoms with Crippen LogP contribution in [0.2, 0.25) is 5.02 Å². The molecule has 1 atom stereocenters. The minimum atomic E-state index is -0.940. The number of hydrogen-bond acceptors (Lipinski definition) is 10. The highest BCUT2D eigenvalue weighted by atomic mass is 35.5. The molecule has 0 bridgehead atoms. The Balaban J connectivity index is 2.01. The Morgan fingerprint density at radius 3 is 2.26 bits per heavy atom. The fourth-order valence-electron chi connectivity index (χ4n) is 2.83. The molecule has 0 spiro atoms. The monoisotopic (exact) mass is 514 g/mol. The van der Waals surface area contributed by atoms with E-state index in [9.17, 15) is 14.4 Å². The van der Waals surface area contributed by atoms with E-state index in [0.717, 1.165) is 16.2 Å². The van der Waals surface area contributed by atoms with E-state index in [-0.39, 0.29) is 23.4 Å². The first kappa shape index (κ1) is 25.8. The van der Waals surface area contributed by atoms with Crippen molar-refractivity contribution >= 4 is 56.4 Å². The predicted octanol–water partition coefficient (Wildman–Crippen LogP) is 5.33. The summed E-state index contributed by atoms with van der Waals surface area (Å²) >= 11 is 7.43. The Kier molecular flexibility index (Phi) is 7.18. The third-order valence-corrected chi connectivity index (χ3v) is 5.38. The summed E-state index contributed by atoms with van der Waals surface area (Å²) in [6, 6.07) is 1.52. The summed E-state index contributed by atoms with van der Waals surface area (Å²) in [4.78, 5) is 42.1. The van der Waals surface area contributed by atoms with Crippen molar-refractivity contribution in [3.63, 3.8) is 0 Å². The molecule has 10 nitrogen and oxygen atoms in total. The molecule has 0 aliphatic carbocycles. The van der Waals surface area contributed by atoms with Gasteiger partial charge in [-0.1, -0.05) is 22.9 Å². The van der Waals surface area contributed by atoms with Crippen molar-refractivity contribution in [3.8, 4) is 11.5 Å². The fourth-order valence-corrected chi connectivity index (χ4v) is 4.19. The van der Waals surface area contributed by atoms with Gasteiger partial charge in [-0.15, -0.1) is 0 Å². The number of rotatable bonds is 3. The largest absolute Gasteiger partial charge is 0.484 e. The van der Waals surface area contributed by atoms with Crippen LogP contribution in [0.3, 0.4) is 0 Å². The van der Waals surface area contributed by atoms with Gasteiger partial charge in [0.05, 0.1) is 5.02 Å². The van der Waals surface area contributed by atoms with Gasteiger partial charge in [-0.3, -0.25) is 4.79 Å². The number of nitrogens with zero attached hydrogens (tertiary/aromatic N) is 2. The van der Waals surface area contributed by atoms with E-state index in [1.165, 1.54) is 13.0 Å².